The topological polar surface area (TPSA) is 45.1 Å². The predicted molar refractivity (Wildman–Crippen MR) is 87.2 cm³/mol. The van der Waals surface area contributed by atoms with E-state index in [1.807, 2.05) is 18.2 Å². The molecule has 0 saturated heterocycles. The first kappa shape index (κ1) is 14.7. The largest absolute Gasteiger partial charge is 0.396 e. The number of hydrogen-bond donors (Lipinski definition) is 2. The molecule has 1 aliphatic rings. The van der Waals surface area contributed by atoms with Crippen molar-refractivity contribution in [3.63, 3.8) is 0 Å². The van der Waals surface area contributed by atoms with Crippen molar-refractivity contribution < 1.29 is 5.11 Å². The number of benzene rings is 1. The molecule has 0 bridgehead atoms. The van der Waals surface area contributed by atoms with Gasteiger partial charge in [0.1, 0.15) is 5.01 Å². The van der Waals surface area contributed by atoms with Gasteiger partial charge in [-0.2, -0.15) is 0 Å². The van der Waals surface area contributed by atoms with Gasteiger partial charge in [-0.3, -0.25) is 0 Å². The molecule has 2 aromatic rings. The Balaban J connectivity index is 1.51. The molecule has 0 amide bonds. The van der Waals surface area contributed by atoms with Crippen molar-refractivity contribution in [2.24, 2.45) is 11.8 Å². The maximum absolute atomic E-state index is 9.34. The lowest BCUT2D eigenvalue weighted by molar-refractivity contribution is 0.192. The summed E-state index contributed by atoms with van der Waals surface area (Å²) in [6, 6.07) is 10.3. The normalized spacial score (nSPS) is 21.8. The summed E-state index contributed by atoms with van der Waals surface area (Å²) in [5.41, 5.74) is 2.24. The van der Waals surface area contributed by atoms with E-state index in [-0.39, 0.29) is 0 Å². The minimum atomic E-state index is 0.335. The fourth-order valence-electron chi connectivity index (χ4n) is 3.12. The van der Waals surface area contributed by atoms with Crippen LogP contribution in [-0.4, -0.2) is 23.2 Å². The zero-order chi connectivity index (χ0) is 14.5. The van der Waals surface area contributed by atoms with Gasteiger partial charge in [-0.15, -0.1) is 11.3 Å². The van der Waals surface area contributed by atoms with Gasteiger partial charge in [-0.1, -0.05) is 36.8 Å². The van der Waals surface area contributed by atoms with E-state index in [9.17, 15) is 5.11 Å². The van der Waals surface area contributed by atoms with E-state index in [1.54, 1.807) is 11.3 Å². The van der Waals surface area contributed by atoms with Crippen LogP contribution in [0.5, 0.6) is 0 Å². The van der Waals surface area contributed by atoms with Crippen LogP contribution in [0.3, 0.4) is 0 Å². The monoisotopic (exact) mass is 302 g/mol. The zero-order valence-electron chi connectivity index (χ0n) is 12.2. The Kier molecular flexibility index (Phi) is 5.01. The van der Waals surface area contributed by atoms with Crippen molar-refractivity contribution in [1.29, 1.82) is 0 Å². The molecular weight excluding hydrogens is 280 g/mol. The second-order valence-corrected chi connectivity index (χ2v) is 6.70. The number of nitrogens with zero attached hydrogens (tertiary/aromatic N) is 1. The third-order valence-electron chi connectivity index (χ3n) is 4.36. The quantitative estimate of drug-likeness (QED) is 0.860. The maximum atomic E-state index is 9.34. The van der Waals surface area contributed by atoms with Crippen LogP contribution in [0, 0.1) is 11.8 Å². The van der Waals surface area contributed by atoms with E-state index in [2.05, 4.69) is 22.8 Å². The Morgan fingerprint density at radius 2 is 2.00 bits per heavy atom. The molecule has 1 aliphatic carbocycles. The molecule has 2 unspecified atom stereocenters. The average molecular weight is 302 g/mol. The van der Waals surface area contributed by atoms with Crippen LogP contribution in [0.1, 0.15) is 24.3 Å². The molecule has 0 radical (unpaired) electrons. The number of thiazole rings is 1. The van der Waals surface area contributed by atoms with E-state index in [4.69, 9.17) is 4.98 Å². The molecule has 3 nitrogen and oxygen atoms in total. The van der Waals surface area contributed by atoms with Gasteiger partial charge in [0.05, 0.1) is 5.69 Å². The zero-order valence-corrected chi connectivity index (χ0v) is 13.0. The van der Waals surface area contributed by atoms with Gasteiger partial charge >= 0.3 is 0 Å². The summed E-state index contributed by atoms with van der Waals surface area (Å²) in [6.45, 7) is 2.15. The van der Waals surface area contributed by atoms with E-state index in [1.165, 1.54) is 24.8 Å². The van der Waals surface area contributed by atoms with Gasteiger partial charge in [0.25, 0.3) is 0 Å². The average Bonchev–Trinajstić information content (AvgIpc) is 3.17. The van der Waals surface area contributed by atoms with Gasteiger partial charge in [-0.05, 0) is 31.2 Å². The minimum absolute atomic E-state index is 0.335. The Morgan fingerprint density at radius 3 is 2.81 bits per heavy atom. The number of aliphatic hydroxyl groups is 1. The molecule has 1 fully saturated rings. The first-order valence-electron chi connectivity index (χ1n) is 7.68. The van der Waals surface area contributed by atoms with E-state index >= 15 is 0 Å². The summed E-state index contributed by atoms with van der Waals surface area (Å²) < 4.78 is 0. The Hall–Kier alpha value is -1.23. The number of aromatic nitrogens is 1. The van der Waals surface area contributed by atoms with Crippen LogP contribution in [0.25, 0.3) is 11.3 Å². The van der Waals surface area contributed by atoms with Crippen LogP contribution >= 0.6 is 11.3 Å². The van der Waals surface area contributed by atoms with Crippen LogP contribution in [0.2, 0.25) is 0 Å². The summed E-state index contributed by atoms with van der Waals surface area (Å²) >= 11 is 1.71. The molecule has 0 aliphatic heterocycles. The standard InChI is InChI=1S/C17H22N2OS/c20-11-15-8-4-7-14(15)9-18-10-17-19-16(12-21-17)13-5-2-1-3-6-13/h1-3,5-6,12,14-15,18,20H,4,7-11H2. The van der Waals surface area contributed by atoms with Crippen molar-refractivity contribution in [3.8, 4) is 11.3 Å². The van der Waals surface area contributed by atoms with Crippen LogP contribution < -0.4 is 5.32 Å². The van der Waals surface area contributed by atoms with Gasteiger partial charge in [-0.25, -0.2) is 4.98 Å². The molecule has 21 heavy (non-hydrogen) atoms. The lowest BCUT2D eigenvalue weighted by Gasteiger charge is -2.17. The van der Waals surface area contributed by atoms with E-state index in [0.29, 0.717) is 18.4 Å². The van der Waals surface area contributed by atoms with Gasteiger partial charge in [0.2, 0.25) is 0 Å². The minimum Gasteiger partial charge on any atom is -0.396 e. The first-order chi connectivity index (χ1) is 10.4. The third kappa shape index (κ3) is 3.70. The number of hydrogen-bond acceptors (Lipinski definition) is 4. The molecule has 4 heteroatoms. The molecular formula is C17H22N2OS. The van der Waals surface area contributed by atoms with Crippen LogP contribution in [0.4, 0.5) is 0 Å². The summed E-state index contributed by atoms with van der Waals surface area (Å²) in [7, 11) is 0. The smallest absolute Gasteiger partial charge is 0.107 e. The van der Waals surface area contributed by atoms with E-state index < -0.39 is 0 Å². The lowest BCUT2D eigenvalue weighted by Crippen LogP contribution is -2.26. The maximum Gasteiger partial charge on any atom is 0.107 e. The molecule has 1 aromatic carbocycles. The summed E-state index contributed by atoms with van der Waals surface area (Å²) in [4.78, 5) is 4.69. The summed E-state index contributed by atoms with van der Waals surface area (Å²) in [5.74, 6) is 1.12. The SMILES string of the molecule is OCC1CCCC1CNCc1nc(-c2ccccc2)cs1. The van der Waals surface area contributed by atoms with Gasteiger partial charge in [0.15, 0.2) is 0 Å². The summed E-state index contributed by atoms with van der Waals surface area (Å²) in [6.07, 6.45) is 3.68. The molecule has 1 heterocycles. The molecule has 0 spiro atoms. The van der Waals surface area contributed by atoms with Crippen LogP contribution in [-0.2, 0) is 6.54 Å². The van der Waals surface area contributed by atoms with Crippen molar-refractivity contribution in [1.82, 2.24) is 10.3 Å². The highest BCUT2D eigenvalue weighted by Crippen LogP contribution is 2.30. The highest BCUT2D eigenvalue weighted by atomic mass is 32.1. The van der Waals surface area contributed by atoms with Crippen molar-refractivity contribution >= 4 is 11.3 Å². The van der Waals surface area contributed by atoms with Gasteiger partial charge in [0, 0.05) is 24.1 Å². The predicted octanol–water partition coefficient (Wildman–Crippen LogP) is 3.31. The number of nitrogens with one attached hydrogen (secondary N) is 1. The molecule has 2 atom stereocenters. The Bertz CT molecular complexity index is 555. The Morgan fingerprint density at radius 1 is 1.19 bits per heavy atom. The van der Waals surface area contributed by atoms with Crippen molar-refractivity contribution in [3.05, 3.63) is 40.7 Å². The second kappa shape index (κ2) is 7.16. The van der Waals surface area contributed by atoms with Gasteiger partial charge < -0.3 is 10.4 Å². The molecule has 1 saturated carbocycles. The first-order valence-corrected chi connectivity index (χ1v) is 8.56. The fourth-order valence-corrected chi connectivity index (χ4v) is 3.89. The highest BCUT2D eigenvalue weighted by molar-refractivity contribution is 7.09. The van der Waals surface area contributed by atoms with Crippen molar-refractivity contribution in [2.75, 3.05) is 13.2 Å². The number of rotatable bonds is 6. The Labute approximate surface area is 130 Å². The van der Waals surface area contributed by atoms with E-state index in [0.717, 1.165) is 23.8 Å². The summed E-state index contributed by atoms with van der Waals surface area (Å²) in [5, 5.41) is 16.1. The molecule has 112 valence electrons. The second-order valence-electron chi connectivity index (χ2n) is 5.76. The number of aliphatic hydroxyl groups excluding tert-OH is 1. The molecule has 3 rings (SSSR count). The highest BCUT2D eigenvalue weighted by Gasteiger charge is 2.25. The van der Waals surface area contributed by atoms with Crippen molar-refractivity contribution in [2.45, 2.75) is 25.8 Å². The lowest BCUT2D eigenvalue weighted by atomic mass is 9.97. The third-order valence-corrected chi connectivity index (χ3v) is 5.20. The molecule has 1 aromatic heterocycles. The molecule has 2 N–H and O–H groups in total. The fraction of sp³-hybridized carbons (Fsp3) is 0.471. The van der Waals surface area contributed by atoms with Crippen LogP contribution in [0.15, 0.2) is 35.7 Å².